The van der Waals surface area contributed by atoms with Crippen LogP contribution >= 0.6 is 0 Å². The van der Waals surface area contributed by atoms with Crippen LogP contribution in [0.2, 0.25) is 0 Å². The Balaban J connectivity index is 1.29. The topological polar surface area (TPSA) is 50.3 Å². The molecule has 25 heavy (non-hydrogen) atoms. The first-order valence-corrected chi connectivity index (χ1v) is 8.65. The number of aromatic nitrogens is 3. The molecule has 6 nitrogen and oxygen atoms in total. The zero-order valence-electron chi connectivity index (χ0n) is 14.4. The molecular formula is C18H22FN5O. The van der Waals surface area contributed by atoms with Crippen LogP contribution in [0.25, 0.3) is 11.0 Å². The fourth-order valence-corrected chi connectivity index (χ4v) is 3.29. The lowest BCUT2D eigenvalue weighted by Gasteiger charge is -2.34. The number of aryl methyl sites for hydroxylation is 1. The van der Waals surface area contributed by atoms with Gasteiger partial charge < -0.3 is 4.52 Å². The van der Waals surface area contributed by atoms with Gasteiger partial charge >= 0.3 is 0 Å². The van der Waals surface area contributed by atoms with E-state index in [1.54, 1.807) is 6.07 Å². The van der Waals surface area contributed by atoms with E-state index in [9.17, 15) is 4.39 Å². The maximum absolute atomic E-state index is 13.2. The Morgan fingerprint density at radius 3 is 2.68 bits per heavy atom. The van der Waals surface area contributed by atoms with Crippen LogP contribution in [0.5, 0.6) is 0 Å². The average Bonchev–Trinajstić information content (AvgIpc) is 3.20. The van der Waals surface area contributed by atoms with Crippen LogP contribution in [-0.2, 0) is 13.1 Å². The molecule has 0 spiro atoms. The highest BCUT2D eigenvalue weighted by molar-refractivity contribution is 5.79. The second-order valence-corrected chi connectivity index (χ2v) is 6.67. The van der Waals surface area contributed by atoms with Gasteiger partial charge in [0.05, 0.1) is 12.7 Å². The van der Waals surface area contributed by atoms with Crippen molar-refractivity contribution in [2.75, 3.05) is 32.7 Å². The number of benzene rings is 1. The molecule has 1 aliphatic rings. The van der Waals surface area contributed by atoms with E-state index in [4.69, 9.17) is 4.52 Å². The summed E-state index contributed by atoms with van der Waals surface area (Å²) in [6.07, 6.45) is 3.97. The molecular weight excluding hydrogens is 321 g/mol. The lowest BCUT2D eigenvalue weighted by Crippen LogP contribution is -2.46. The van der Waals surface area contributed by atoms with Gasteiger partial charge in [-0.2, -0.15) is 5.10 Å². The van der Waals surface area contributed by atoms with Crippen molar-refractivity contribution in [1.29, 1.82) is 0 Å². The van der Waals surface area contributed by atoms with E-state index in [-0.39, 0.29) is 5.82 Å². The molecule has 1 fully saturated rings. The van der Waals surface area contributed by atoms with Gasteiger partial charge in [0.15, 0.2) is 5.58 Å². The molecule has 0 bridgehead atoms. The third-order valence-corrected chi connectivity index (χ3v) is 4.75. The Bertz CT molecular complexity index is 850. The summed E-state index contributed by atoms with van der Waals surface area (Å²) < 4.78 is 20.5. The largest absolute Gasteiger partial charge is 0.356 e. The van der Waals surface area contributed by atoms with Crippen molar-refractivity contribution in [1.82, 2.24) is 24.7 Å². The summed E-state index contributed by atoms with van der Waals surface area (Å²) in [7, 11) is 0. The average molecular weight is 343 g/mol. The SMILES string of the molecule is Cc1cnn(CCN2CCN(Cc3noc4cc(F)ccc34)CC2)c1. The van der Waals surface area contributed by atoms with Gasteiger partial charge in [-0.15, -0.1) is 0 Å². The highest BCUT2D eigenvalue weighted by Gasteiger charge is 2.19. The molecule has 0 aliphatic carbocycles. The standard InChI is InChI=1S/C18H22FN5O/c1-14-11-20-24(12-14)9-8-22-4-6-23(7-5-22)13-17-16-3-2-15(19)10-18(16)25-21-17/h2-3,10-12H,4-9,13H2,1H3. The van der Waals surface area contributed by atoms with Crippen molar-refractivity contribution in [3.63, 3.8) is 0 Å². The summed E-state index contributed by atoms with van der Waals surface area (Å²) in [5.74, 6) is -0.295. The fourth-order valence-electron chi connectivity index (χ4n) is 3.29. The number of halogens is 1. The molecule has 1 saturated heterocycles. The normalized spacial score (nSPS) is 16.7. The lowest BCUT2D eigenvalue weighted by molar-refractivity contribution is 0.121. The Hall–Kier alpha value is -2.25. The third-order valence-electron chi connectivity index (χ3n) is 4.75. The van der Waals surface area contributed by atoms with Crippen molar-refractivity contribution < 1.29 is 8.91 Å². The molecule has 0 N–H and O–H groups in total. The van der Waals surface area contributed by atoms with Gasteiger partial charge in [0, 0.05) is 56.9 Å². The minimum atomic E-state index is -0.295. The van der Waals surface area contributed by atoms with E-state index in [1.807, 2.05) is 10.9 Å². The quantitative estimate of drug-likeness (QED) is 0.711. The van der Waals surface area contributed by atoms with E-state index in [1.165, 1.54) is 17.7 Å². The van der Waals surface area contributed by atoms with Gasteiger partial charge in [-0.25, -0.2) is 4.39 Å². The molecule has 0 unspecified atom stereocenters. The summed E-state index contributed by atoms with van der Waals surface area (Å²) in [5, 5.41) is 9.35. The second kappa shape index (κ2) is 6.93. The van der Waals surface area contributed by atoms with Crippen LogP contribution in [0.1, 0.15) is 11.3 Å². The molecule has 132 valence electrons. The minimum Gasteiger partial charge on any atom is -0.356 e. The molecule has 4 rings (SSSR count). The van der Waals surface area contributed by atoms with Crippen LogP contribution in [0.3, 0.4) is 0 Å². The molecule has 0 atom stereocenters. The van der Waals surface area contributed by atoms with Gasteiger partial charge in [0.25, 0.3) is 0 Å². The first kappa shape index (κ1) is 16.2. The Morgan fingerprint density at radius 1 is 1.12 bits per heavy atom. The maximum Gasteiger partial charge on any atom is 0.170 e. The number of nitrogens with zero attached hydrogens (tertiary/aromatic N) is 5. The Morgan fingerprint density at radius 2 is 1.92 bits per heavy atom. The lowest BCUT2D eigenvalue weighted by atomic mass is 10.2. The van der Waals surface area contributed by atoms with E-state index in [0.717, 1.165) is 56.9 Å². The minimum absolute atomic E-state index is 0.295. The van der Waals surface area contributed by atoms with Crippen LogP contribution < -0.4 is 0 Å². The first-order chi connectivity index (χ1) is 12.2. The maximum atomic E-state index is 13.2. The fraction of sp³-hybridized carbons (Fsp3) is 0.444. The molecule has 2 aromatic heterocycles. The smallest absolute Gasteiger partial charge is 0.170 e. The van der Waals surface area contributed by atoms with Gasteiger partial charge in [-0.05, 0) is 24.6 Å². The summed E-state index contributed by atoms with van der Waals surface area (Å²) in [5.41, 5.74) is 2.60. The summed E-state index contributed by atoms with van der Waals surface area (Å²) in [4.78, 5) is 4.83. The predicted octanol–water partition coefficient (Wildman–Crippen LogP) is 2.29. The van der Waals surface area contributed by atoms with Crippen molar-refractivity contribution >= 4 is 11.0 Å². The van der Waals surface area contributed by atoms with Gasteiger partial charge in [-0.3, -0.25) is 14.5 Å². The Kier molecular flexibility index (Phi) is 4.50. The number of rotatable bonds is 5. The molecule has 0 radical (unpaired) electrons. The summed E-state index contributed by atoms with van der Waals surface area (Å²) >= 11 is 0. The first-order valence-electron chi connectivity index (χ1n) is 8.65. The molecule has 3 aromatic rings. The van der Waals surface area contributed by atoms with Crippen LogP contribution in [0, 0.1) is 12.7 Å². The van der Waals surface area contributed by atoms with E-state index >= 15 is 0 Å². The van der Waals surface area contributed by atoms with Crippen molar-refractivity contribution in [3.8, 4) is 0 Å². The van der Waals surface area contributed by atoms with Gasteiger partial charge in [0.1, 0.15) is 11.5 Å². The Labute approximate surface area is 145 Å². The van der Waals surface area contributed by atoms with E-state index < -0.39 is 0 Å². The third kappa shape index (κ3) is 3.72. The summed E-state index contributed by atoms with van der Waals surface area (Å²) in [6, 6.07) is 4.59. The van der Waals surface area contributed by atoms with Gasteiger partial charge in [0.2, 0.25) is 0 Å². The zero-order chi connectivity index (χ0) is 17.2. The molecule has 1 aliphatic heterocycles. The van der Waals surface area contributed by atoms with E-state index in [2.05, 4.69) is 33.2 Å². The number of hydrogen-bond donors (Lipinski definition) is 0. The molecule has 0 amide bonds. The molecule has 3 heterocycles. The predicted molar refractivity (Wildman–Crippen MR) is 92.6 cm³/mol. The zero-order valence-corrected chi connectivity index (χ0v) is 14.4. The number of hydrogen-bond acceptors (Lipinski definition) is 5. The highest BCUT2D eigenvalue weighted by atomic mass is 19.1. The molecule has 1 aromatic carbocycles. The highest BCUT2D eigenvalue weighted by Crippen LogP contribution is 2.21. The van der Waals surface area contributed by atoms with Gasteiger partial charge in [-0.1, -0.05) is 5.16 Å². The molecule has 0 saturated carbocycles. The van der Waals surface area contributed by atoms with E-state index in [0.29, 0.717) is 5.58 Å². The van der Waals surface area contributed by atoms with Crippen molar-refractivity contribution in [2.45, 2.75) is 20.0 Å². The second-order valence-electron chi connectivity index (χ2n) is 6.67. The molecule has 7 heteroatoms. The van der Waals surface area contributed by atoms with Crippen molar-refractivity contribution in [3.05, 3.63) is 47.7 Å². The monoisotopic (exact) mass is 343 g/mol. The number of piperazine rings is 1. The van der Waals surface area contributed by atoms with Crippen LogP contribution in [0.15, 0.2) is 35.1 Å². The van der Waals surface area contributed by atoms with Crippen molar-refractivity contribution in [2.24, 2.45) is 0 Å². The van der Waals surface area contributed by atoms with Crippen LogP contribution in [-0.4, -0.2) is 57.5 Å². The number of fused-ring (bicyclic) bond motifs is 1. The van der Waals surface area contributed by atoms with Crippen LogP contribution in [0.4, 0.5) is 4.39 Å². The summed E-state index contributed by atoms with van der Waals surface area (Å²) in [6.45, 7) is 8.79.